The van der Waals surface area contributed by atoms with E-state index >= 15 is 0 Å². The molecule has 4 aromatic rings. The normalized spacial score (nSPS) is 10.9. The van der Waals surface area contributed by atoms with E-state index in [9.17, 15) is 0 Å². The van der Waals surface area contributed by atoms with E-state index in [-0.39, 0.29) is 0 Å². The molecule has 7 nitrogen and oxygen atoms in total. The number of aromatic nitrogens is 4. The number of nitrogens with zero attached hydrogens (tertiary/aromatic N) is 4. The monoisotopic (exact) mass is 495 g/mol. The second-order valence-corrected chi connectivity index (χ2v) is 9.07. The maximum absolute atomic E-state index is 6.53. The van der Waals surface area contributed by atoms with Crippen molar-refractivity contribution in [2.75, 3.05) is 19.4 Å². The van der Waals surface area contributed by atoms with E-state index in [1.165, 1.54) is 5.56 Å². The number of aryl methyl sites for hydroxylation is 1. The van der Waals surface area contributed by atoms with Gasteiger partial charge in [0.1, 0.15) is 6.61 Å². The van der Waals surface area contributed by atoms with Gasteiger partial charge in [-0.05, 0) is 46.7 Å². The Morgan fingerprint density at radius 1 is 1.03 bits per heavy atom. The second-order valence-electron chi connectivity index (χ2n) is 7.60. The van der Waals surface area contributed by atoms with Crippen molar-refractivity contribution < 1.29 is 9.47 Å². The van der Waals surface area contributed by atoms with E-state index in [0.717, 1.165) is 34.3 Å². The minimum atomic E-state index is 0.449. The van der Waals surface area contributed by atoms with Gasteiger partial charge in [0, 0.05) is 29.9 Å². The lowest BCUT2D eigenvalue weighted by molar-refractivity contribution is 0.284. The fraction of sp³-hybridized carbons (Fsp3) is 0.240. The minimum absolute atomic E-state index is 0.449. The molecule has 4 rings (SSSR count). The Hall–Kier alpha value is -3.07. The lowest BCUT2D eigenvalue weighted by Crippen LogP contribution is -2.17. The van der Waals surface area contributed by atoms with Crippen molar-refractivity contribution in [1.29, 1.82) is 0 Å². The summed E-state index contributed by atoms with van der Waals surface area (Å²) in [7, 11) is 1.63. The molecule has 0 radical (unpaired) electrons. The fourth-order valence-corrected chi connectivity index (χ4v) is 4.28. The second kappa shape index (κ2) is 11.9. The topological polar surface area (TPSA) is 74.1 Å². The summed E-state index contributed by atoms with van der Waals surface area (Å²) in [6, 6.07) is 21.8. The SMILES string of the molecule is COc1cc(CNCCSc2nnnn2-c2ccccc2)c(Cl)cc1OCc1ccc(C)cc1. The highest BCUT2D eigenvalue weighted by Crippen LogP contribution is 2.34. The number of benzene rings is 3. The zero-order valence-corrected chi connectivity index (χ0v) is 20.6. The van der Waals surface area contributed by atoms with Gasteiger partial charge < -0.3 is 14.8 Å². The van der Waals surface area contributed by atoms with Crippen LogP contribution in [0.25, 0.3) is 5.69 Å². The molecule has 0 bridgehead atoms. The van der Waals surface area contributed by atoms with Crippen LogP contribution in [0.15, 0.2) is 71.9 Å². The van der Waals surface area contributed by atoms with Gasteiger partial charge >= 0.3 is 0 Å². The third-order valence-corrected chi connectivity index (χ3v) is 6.39. The van der Waals surface area contributed by atoms with Crippen LogP contribution in [0.3, 0.4) is 0 Å². The molecule has 0 aliphatic rings. The Kier molecular flexibility index (Phi) is 8.41. The van der Waals surface area contributed by atoms with Crippen LogP contribution in [0.5, 0.6) is 11.5 Å². The van der Waals surface area contributed by atoms with E-state index in [0.29, 0.717) is 29.7 Å². The summed E-state index contributed by atoms with van der Waals surface area (Å²) in [5.74, 6) is 2.09. The average Bonchev–Trinajstić information content (AvgIpc) is 3.33. The van der Waals surface area contributed by atoms with E-state index in [2.05, 4.69) is 52.0 Å². The summed E-state index contributed by atoms with van der Waals surface area (Å²) in [5.41, 5.74) is 4.19. The molecule has 0 aliphatic carbocycles. The van der Waals surface area contributed by atoms with Gasteiger partial charge in [-0.1, -0.05) is 71.4 Å². The number of para-hydroxylation sites is 1. The van der Waals surface area contributed by atoms with Gasteiger partial charge in [0.2, 0.25) is 5.16 Å². The summed E-state index contributed by atoms with van der Waals surface area (Å²) in [6.45, 7) is 3.88. The average molecular weight is 496 g/mol. The number of ether oxygens (including phenoxy) is 2. The van der Waals surface area contributed by atoms with Crippen LogP contribution >= 0.6 is 23.4 Å². The number of hydrogen-bond donors (Lipinski definition) is 1. The van der Waals surface area contributed by atoms with Crippen molar-refractivity contribution >= 4 is 23.4 Å². The molecule has 0 aliphatic heterocycles. The number of nitrogens with one attached hydrogen (secondary N) is 1. The molecule has 0 saturated heterocycles. The summed E-state index contributed by atoms with van der Waals surface area (Å²) >= 11 is 8.12. The molecular weight excluding hydrogens is 470 g/mol. The first-order chi connectivity index (χ1) is 16.6. The Morgan fingerprint density at radius 2 is 1.82 bits per heavy atom. The molecule has 0 amide bonds. The highest BCUT2D eigenvalue weighted by atomic mass is 35.5. The highest BCUT2D eigenvalue weighted by Gasteiger charge is 2.12. The third-order valence-electron chi connectivity index (χ3n) is 5.11. The van der Waals surface area contributed by atoms with Gasteiger partial charge in [-0.2, -0.15) is 4.68 Å². The first-order valence-electron chi connectivity index (χ1n) is 10.9. The molecule has 1 aromatic heterocycles. The van der Waals surface area contributed by atoms with Crippen molar-refractivity contribution in [3.63, 3.8) is 0 Å². The molecule has 9 heteroatoms. The van der Waals surface area contributed by atoms with Crippen molar-refractivity contribution in [2.24, 2.45) is 0 Å². The van der Waals surface area contributed by atoms with Crippen molar-refractivity contribution in [3.05, 3.63) is 88.4 Å². The molecule has 0 unspecified atom stereocenters. The minimum Gasteiger partial charge on any atom is -0.493 e. The molecule has 176 valence electrons. The van der Waals surface area contributed by atoms with Crippen LogP contribution in [-0.2, 0) is 13.2 Å². The first-order valence-corrected chi connectivity index (χ1v) is 12.2. The predicted octanol–water partition coefficient (Wildman–Crippen LogP) is 5.09. The van der Waals surface area contributed by atoms with E-state index in [1.807, 2.05) is 42.5 Å². The van der Waals surface area contributed by atoms with Gasteiger partial charge in [-0.3, -0.25) is 0 Å². The van der Waals surface area contributed by atoms with Crippen LogP contribution in [-0.4, -0.2) is 39.6 Å². The van der Waals surface area contributed by atoms with Gasteiger partial charge in [-0.25, -0.2) is 0 Å². The van der Waals surface area contributed by atoms with Crippen molar-refractivity contribution in [2.45, 2.75) is 25.2 Å². The molecule has 1 N–H and O–H groups in total. The number of methoxy groups -OCH3 is 1. The maximum Gasteiger partial charge on any atom is 0.214 e. The van der Waals surface area contributed by atoms with E-state index < -0.39 is 0 Å². The number of rotatable bonds is 11. The van der Waals surface area contributed by atoms with E-state index in [4.69, 9.17) is 21.1 Å². The smallest absolute Gasteiger partial charge is 0.214 e. The largest absolute Gasteiger partial charge is 0.493 e. The van der Waals surface area contributed by atoms with E-state index in [1.54, 1.807) is 23.6 Å². The number of halogens is 1. The summed E-state index contributed by atoms with van der Waals surface area (Å²) < 4.78 is 13.2. The third kappa shape index (κ3) is 6.28. The number of thioether (sulfide) groups is 1. The fourth-order valence-electron chi connectivity index (χ4n) is 3.27. The number of tetrazole rings is 1. The molecule has 34 heavy (non-hydrogen) atoms. The summed E-state index contributed by atoms with van der Waals surface area (Å²) in [6.07, 6.45) is 0. The Labute approximate surface area is 208 Å². The predicted molar refractivity (Wildman–Crippen MR) is 135 cm³/mol. The highest BCUT2D eigenvalue weighted by molar-refractivity contribution is 7.99. The summed E-state index contributed by atoms with van der Waals surface area (Å²) in [5, 5.41) is 16.8. The molecular formula is C25H26ClN5O2S. The first kappa shape index (κ1) is 24.1. The Balaban J connectivity index is 1.29. The number of hydrogen-bond acceptors (Lipinski definition) is 7. The van der Waals surface area contributed by atoms with Crippen LogP contribution in [0.1, 0.15) is 16.7 Å². The van der Waals surface area contributed by atoms with Gasteiger partial charge in [0.25, 0.3) is 0 Å². The van der Waals surface area contributed by atoms with Crippen LogP contribution in [0.4, 0.5) is 0 Å². The molecule has 0 atom stereocenters. The lowest BCUT2D eigenvalue weighted by atomic mass is 10.1. The maximum atomic E-state index is 6.53. The molecule has 1 heterocycles. The zero-order chi connectivity index (χ0) is 23.8. The quantitative estimate of drug-likeness (QED) is 0.229. The van der Waals surface area contributed by atoms with Crippen LogP contribution < -0.4 is 14.8 Å². The Bertz CT molecular complexity index is 1200. The molecule has 0 saturated carbocycles. The summed E-state index contributed by atoms with van der Waals surface area (Å²) in [4.78, 5) is 0. The van der Waals surface area contributed by atoms with Crippen LogP contribution in [0, 0.1) is 6.92 Å². The van der Waals surface area contributed by atoms with Crippen molar-refractivity contribution in [3.8, 4) is 17.2 Å². The van der Waals surface area contributed by atoms with Crippen molar-refractivity contribution in [1.82, 2.24) is 25.5 Å². The van der Waals surface area contributed by atoms with Gasteiger partial charge in [0.05, 0.1) is 12.8 Å². The van der Waals surface area contributed by atoms with Gasteiger partial charge in [-0.15, -0.1) is 5.10 Å². The Morgan fingerprint density at radius 3 is 2.59 bits per heavy atom. The van der Waals surface area contributed by atoms with Crippen LogP contribution in [0.2, 0.25) is 5.02 Å². The molecule has 0 spiro atoms. The molecule has 3 aromatic carbocycles. The lowest BCUT2D eigenvalue weighted by Gasteiger charge is -2.14. The zero-order valence-electron chi connectivity index (χ0n) is 19.1. The molecule has 0 fully saturated rings. The van der Waals surface area contributed by atoms with Gasteiger partial charge in [0.15, 0.2) is 11.5 Å². The standard InChI is InChI=1S/C25H26ClN5O2S/c1-18-8-10-19(11-9-18)17-33-24-15-22(26)20(14-23(24)32-2)16-27-12-13-34-25-28-29-30-31(25)21-6-4-3-5-7-21/h3-11,14-15,27H,12-13,16-17H2,1-2H3.